The third-order valence-corrected chi connectivity index (χ3v) is 3.19. The van der Waals surface area contributed by atoms with Gasteiger partial charge in [-0.3, -0.25) is 0 Å². The number of alkyl carbamates (subject to hydrolysis) is 1. The lowest BCUT2D eigenvalue weighted by Crippen LogP contribution is -2.37. The van der Waals surface area contributed by atoms with Crippen LogP contribution in [0.1, 0.15) is 33.6 Å². The van der Waals surface area contributed by atoms with Crippen LogP contribution in [-0.2, 0) is 4.74 Å². The Morgan fingerprint density at radius 1 is 1.33 bits per heavy atom. The molecule has 2 atom stereocenters. The van der Waals surface area contributed by atoms with Gasteiger partial charge in [0.15, 0.2) is 0 Å². The van der Waals surface area contributed by atoms with E-state index in [2.05, 4.69) is 10.6 Å². The van der Waals surface area contributed by atoms with Crippen molar-refractivity contribution < 1.29 is 14.6 Å². The van der Waals surface area contributed by atoms with Crippen LogP contribution in [0.4, 0.5) is 4.79 Å². The molecule has 0 aromatic carbocycles. The van der Waals surface area contributed by atoms with Gasteiger partial charge in [-0.05, 0) is 58.5 Å². The molecule has 0 radical (unpaired) electrons. The highest BCUT2D eigenvalue weighted by atomic mass is 16.6. The fourth-order valence-electron chi connectivity index (χ4n) is 2.21. The van der Waals surface area contributed by atoms with Crippen molar-refractivity contribution in [2.45, 2.75) is 39.2 Å². The number of carbonyl (C=O) groups excluding carboxylic acids is 1. The van der Waals surface area contributed by atoms with Gasteiger partial charge in [-0.25, -0.2) is 4.79 Å². The number of hydrogen-bond acceptors (Lipinski definition) is 4. The smallest absolute Gasteiger partial charge is 0.407 e. The zero-order valence-electron chi connectivity index (χ0n) is 11.7. The second kappa shape index (κ2) is 6.95. The Kier molecular flexibility index (Phi) is 5.88. The highest BCUT2D eigenvalue weighted by Crippen LogP contribution is 2.20. The maximum atomic E-state index is 11.6. The molecule has 106 valence electrons. The fraction of sp³-hybridized carbons (Fsp3) is 0.923. The molecule has 0 bridgehead atoms. The third-order valence-electron chi connectivity index (χ3n) is 3.19. The van der Waals surface area contributed by atoms with E-state index in [1.54, 1.807) is 0 Å². The van der Waals surface area contributed by atoms with Gasteiger partial charge >= 0.3 is 6.09 Å². The summed E-state index contributed by atoms with van der Waals surface area (Å²) in [4.78, 5) is 11.6. The van der Waals surface area contributed by atoms with Crippen molar-refractivity contribution in [2.24, 2.45) is 11.8 Å². The predicted molar refractivity (Wildman–Crippen MR) is 70.4 cm³/mol. The van der Waals surface area contributed by atoms with Crippen LogP contribution >= 0.6 is 0 Å². The van der Waals surface area contributed by atoms with Crippen LogP contribution in [0.3, 0.4) is 0 Å². The SMILES string of the molecule is CC(C)(C)OC(=O)NCC1CCNCCC1CO. The molecule has 0 spiro atoms. The average Bonchev–Trinajstić information content (AvgIpc) is 2.48. The van der Waals surface area contributed by atoms with Crippen molar-refractivity contribution in [3.63, 3.8) is 0 Å². The van der Waals surface area contributed by atoms with Crippen molar-refractivity contribution in [2.75, 3.05) is 26.2 Å². The van der Waals surface area contributed by atoms with E-state index in [0.29, 0.717) is 12.5 Å². The maximum Gasteiger partial charge on any atom is 0.407 e. The minimum absolute atomic E-state index is 0.183. The largest absolute Gasteiger partial charge is 0.444 e. The summed E-state index contributed by atoms with van der Waals surface area (Å²) in [5.74, 6) is 0.576. The Bertz CT molecular complexity index is 263. The van der Waals surface area contributed by atoms with E-state index in [1.165, 1.54) is 0 Å². The molecule has 2 unspecified atom stereocenters. The van der Waals surface area contributed by atoms with Crippen molar-refractivity contribution in [3.05, 3.63) is 0 Å². The fourth-order valence-corrected chi connectivity index (χ4v) is 2.21. The first-order valence-electron chi connectivity index (χ1n) is 6.71. The monoisotopic (exact) mass is 258 g/mol. The number of nitrogens with one attached hydrogen (secondary N) is 2. The Morgan fingerprint density at radius 3 is 2.50 bits per heavy atom. The van der Waals surface area contributed by atoms with Crippen LogP contribution in [0.2, 0.25) is 0 Å². The molecule has 0 aromatic rings. The van der Waals surface area contributed by atoms with E-state index in [-0.39, 0.29) is 18.6 Å². The quantitative estimate of drug-likeness (QED) is 0.709. The maximum absolute atomic E-state index is 11.6. The molecule has 1 rings (SSSR count). The molecule has 1 aliphatic rings. The van der Waals surface area contributed by atoms with Crippen LogP contribution in [0.5, 0.6) is 0 Å². The van der Waals surface area contributed by atoms with Crippen LogP contribution in [0, 0.1) is 11.8 Å². The Morgan fingerprint density at radius 2 is 1.94 bits per heavy atom. The van der Waals surface area contributed by atoms with Gasteiger partial charge in [0, 0.05) is 13.2 Å². The number of aliphatic hydroxyl groups is 1. The molecule has 1 saturated heterocycles. The third kappa shape index (κ3) is 5.69. The topological polar surface area (TPSA) is 70.6 Å². The van der Waals surface area contributed by atoms with Crippen molar-refractivity contribution in [1.29, 1.82) is 0 Å². The van der Waals surface area contributed by atoms with Gasteiger partial charge in [0.2, 0.25) is 0 Å². The average molecular weight is 258 g/mol. The second-order valence-electron chi connectivity index (χ2n) is 5.91. The second-order valence-corrected chi connectivity index (χ2v) is 5.91. The summed E-state index contributed by atoms with van der Waals surface area (Å²) in [6.45, 7) is 8.17. The van der Waals surface area contributed by atoms with Gasteiger partial charge in [-0.2, -0.15) is 0 Å². The number of ether oxygens (including phenoxy) is 1. The molecule has 0 aliphatic carbocycles. The van der Waals surface area contributed by atoms with Gasteiger partial charge < -0.3 is 20.5 Å². The highest BCUT2D eigenvalue weighted by molar-refractivity contribution is 5.67. The first-order valence-corrected chi connectivity index (χ1v) is 6.71. The standard InChI is InChI=1S/C13H26N2O3/c1-13(2,3)18-12(17)15-8-10-4-6-14-7-5-11(10)9-16/h10-11,14,16H,4-9H2,1-3H3,(H,15,17). The van der Waals surface area contributed by atoms with E-state index >= 15 is 0 Å². The van der Waals surface area contributed by atoms with Crippen molar-refractivity contribution >= 4 is 6.09 Å². The van der Waals surface area contributed by atoms with E-state index in [1.807, 2.05) is 20.8 Å². The van der Waals surface area contributed by atoms with E-state index in [0.717, 1.165) is 25.9 Å². The molecule has 1 fully saturated rings. The summed E-state index contributed by atoms with van der Waals surface area (Å²) >= 11 is 0. The number of carbonyl (C=O) groups is 1. The summed E-state index contributed by atoms with van der Waals surface area (Å²) in [5.41, 5.74) is -0.467. The molecule has 5 nitrogen and oxygen atoms in total. The predicted octanol–water partition coefficient (Wildman–Crippen LogP) is 1.12. The molecule has 3 N–H and O–H groups in total. The van der Waals surface area contributed by atoms with Crippen LogP contribution in [-0.4, -0.2) is 43.0 Å². The number of aliphatic hydroxyl groups excluding tert-OH is 1. The van der Waals surface area contributed by atoms with Gasteiger partial charge in [0.25, 0.3) is 0 Å². The van der Waals surface area contributed by atoms with Crippen LogP contribution < -0.4 is 10.6 Å². The molecule has 1 amide bonds. The molecule has 1 aliphatic heterocycles. The zero-order valence-corrected chi connectivity index (χ0v) is 11.7. The van der Waals surface area contributed by atoms with Gasteiger partial charge in [0.05, 0.1) is 0 Å². The van der Waals surface area contributed by atoms with Gasteiger partial charge in [-0.1, -0.05) is 0 Å². The summed E-state index contributed by atoms with van der Waals surface area (Å²) < 4.78 is 5.20. The molecule has 0 saturated carbocycles. The molecule has 0 aromatic heterocycles. The molecule has 5 heteroatoms. The van der Waals surface area contributed by atoms with E-state index < -0.39 is 5.60 Å². The summed E-state index contributed by atoms with van der Waals surface area (Å²) in [5, 5.41) is 15.5. The lowest BCUT2D eigenvalue weighted by atomic mass is 9.88. The Hall–Kier alpha value is -0.810. The Labute approximate surface area is 109 Å². The van der Waals surface area contributed by atoms with Crippen LogP contribution in [0.15, 0.2) is 0 Å². The van der Waals surface area contributed by atoms with Crippen molar-refractivity contribution in [3.8, 4) is 0 Å². The zero-order chi connectivity index (χ0) is 13.6. The summed E-state index contributed by atoms with van der Waals surface area (Å²) in [6, 6.07) is 0. The molecule has 18 heavy (non-hydrogen) atoms. The first-order chi connectivity index (χ1) is 8.42. The molecular formula is C13H26N2O3. The van der Waals surface area contributed by atoms with Crippen LogP contribution in [0.25, 0.3) is 0 Å². The lowest BCUT2D eigenvalue weighted by molar-refractivity contribution is 0.0505. The minimum Gasteiger partial charge on any atom is -0.444 e. The lowest BCUT2D eigenvalue weighted by Gasteiger charge is -2.25. The normalized spacial score (nSPS) is 25.3. The number of rotatable bonds is 3. The minimum atomic E-state index is -0.467. The Balaban J connectivity index is 2.37. The van der Waals surface area contributed by atoms with Gasteiger partial charge in [0.1, 0.15) is 5.60 Å². The first kappa shape index (κ1) is 15.2. The highest BCUT2D eigenvalue weighted by Gasteiger charge is 2.24. The van der Waals surface area contributed by atoms with Gasteiger partial charge in [-0.15, -0.1) is 0 Å². The summed E-state index contributed by atoms with van der Waals surface area (Å²) in [6.07, 6.45) is 1.55. The molecular weight excluding hydrogens is 232 g/mol. The number of amides is 1. The summed E-state index contributed by atoms with van der Waals surface area (Å²) in [7, 11) is 0. The number of hydrogen-bond donors (Lipinski definition) is 3. The van der Waals surface area contributed by atoms with E-state index in [4.69, 9.17) is 4.74 Å². The van der Waals surface area contributed by atoms with Crippen molar-refractivity contribution in [1.82, 2.24) is 10.6 Å². The molecule has 1 heterocycles. The van der Waals surface area contributed by atoms with E-state index in [9.17, 15) is 9.90 Å².